The lowest BCUT2D eigenvalue weighted by molar-refractivity contribution is -0.171. The minimum absolute atomic E-state index is 0.00144. The molecule has 0 aromatic carbocycles. The van der Waals surface area contributed by atoms with Crippen molar-refractivity contribution in [3.8, 4) is 0 Å². The Kier molecular flexibility index (Phi) is 4.61. The van der Waals surface area contributed by atoms with Gasteiger partial charge in [-0.1, -0.05) is 13.8 Å². The van der Waals surface area contributed by atoms with Crippen LogP contribution in [-0.4, -0.2) is 44.5 Å². The van der Waals surface area contributed by atoms with Crippen LogP contribution in [0, 0.1) is 5.41 Å². The fraction of sp³-hybridized carbons (Fsp3) is 0.923. The van der Waals surface area contributed by atoms with Crippen LogP contribution < -0.4 is 11.1 Å². The van der Waals surface area contributed by atoms with Gasteiger partial charge in [0.25, 0.3) is 0 Å². The molecule has 0 amide bonds. The van der Waals surface area contributed by atoms with E-state index in [4.69, 9.17) is 15.2 Å². The predicted molar refractivity (Wildman–Crippen MR) is 73.7 cm³/mol. The molecule has 0 spiro atoms. The number of hydrogen-bond acceptors (Lipinski definition) is 3. The Bertz CT molecular complexity index is 317. The Balaban J connectivity index is 2.58. The van der Waals surface area contributed by atoms with E-state index in [2.05, 4.69) is 31.1 Å². The number of aliphatic imine (C=N–C) groups is 1. The SMILES string of the molecule is COCC(C)NC(N)=NC1CC(C)(OC)C1(C)C. The molecule has 0 bridgehead atoms. The maximum absolute atomic E-state index is 5.91. The number of guanidine groups is 1. The molecule has 3 N–H and O–H groups in total. The van der Waals surface area contributed by atoms with Crippen molar-refractivity contribution in [2.24, 2.45) is 16.1 Å². The highest BCUT2D eigenvalue weighted by atomic mass is 16.5. The molecule has 18 heavy (non-hydrogen) atoms. The highest BCUT2D eigenvalue weighted by molar-refractivity contribution is 5.78. The third kappa shape index (κ3) is 2.78. The quantitative estimate of drug-likeness (QED) is 0.572. The van der Waals surface area contributed by atoms with Crippen LogP contribution in [0.15, 0.2) is 4.99 Å². The summed E-state index contributed by atoms with van der Waals surface area (Å²) in [6, 6.07) is 0.362. The second-order valence-corrected chi connectivity index (χ2v) is 5.89. The molecular formula is C13H27N3O2. The minimum atomic E-state index is -0.112. The monoisotopic (exact) mass is 257 g/mol. The largest absolute Gasteiger partial charge is 0.383 e. The molecule has 3 unspecified atom stereocenters. The van der Waals surface area contributed by atoms with E-state index in [1.807, 2.05) is 6.92 Å². The Morgan fingerprint density at radius 2 is 2.06 bits per heavy atom. The van der Waals surface area contributed by atoms with E-state index in [1.165, 1.54) is 0 Å². The van der Waals surface area contributed by atoms with E-state index in [1.54, 1.807) is 14.2 Å². The van der Waals surface area contributed by atoms with E-state index < -0.39 is 0 Å². The van der Waals surface area contributed by atoms with Gasteiger partial charge in [0.05, 0.1) is 18.2 Å². The number of methoxy groups -OCH3 is 2. The molecule has 1 saturated carbocycles. The zero-order valence-corrected chi connectivity index (χ0v) is 12.4. The smallest absolute Gasteiger partial charge is 0.189 e. The summed E-state index contributed by atoms with van der Waals surface area (Å²) in [5.74, 6) is 0.482. The van der Waals surface area contributed by atoms with Crippen LogP contribution in [0.1, 0.15) is 34.1 Å². The molecule has 106 valence electrons. The van der Waals surface area contributed by atoms with Gasteiger partial charge in [0.15, 0.2) is 5.96 Å². The standard InChI is InChI=1S/C13H27N3O2/c1-9(8-17-5)15-11(14)16-10-7-13(4,18-6)12(10,2)3/h9-10H,7-8H2,1-6H3,(H3,14,15,16). The van der Waals surface area contributed by atoms with Crippen molar-refractivity contribution in [2.75, 3.05) is 20.8 Å². The number of hydrogen-bond donors (Lipinski definition) is 2. The molecule has 3 atom stereocenters. The van der Waals surface area contributed by atoms with Crippen LogP contribution in [-0.2, 0) is 9.47 Å². The first-order valence-electron chi connectivity index (χ1n) is 6.40. The molecule has 0 saturated heterocycles. The van der Waals surface area contributed by atoms with E-state index in [0.717, 1.165) is 6.42 Å². The van der Waals surface area contributed by atoms with E-state index in [0.29, 0.717) is 12.6 Å². The van der Waals surface area contributed by atoms with Crippen molar-refractivity contribution in [3.05, 3.63) is 0 Å². The number of nitrogens with two attached hydrogens (primary N) is 1. The van der Waals surface area contributed by atoms with Crippen molar-refractivity contribution in [1.29, 1.82) is 0 Å². The summed E-state index contributed by atoms with van der Waals surface area (Å²) in [5, 5.41) is 3.12. The minimum Gasteiger partial charge on any atom is -0.383 e. The molecule has 1 rings (SSSR count). The average Bonchev–Trinajstić information content (AvgIpc) is 2.28. The normalized spacial score (nSPS) is 32.8. The summed E-state index contributed by atoms with van der Waals surface area (Å²) >= 11 is 0. The van der Waals surface area contributed by atoms with Gasteiger partial charge < -0.3 is 20.5 Å². The molecule has 0 aliphatic heterocycles. The van der Waals surface area contributed by atoms with Gasteiger partial charge in [-0.25, -0.2) is 4.99 Å². The third-order valence-corrected chi connectivity index (χ3v) is 4.34. The molecule has 0 aromatic heterocycles. The van der Waals surface area contributed by atoms with Gasteiger partial charge in [0.2, 0.25) is 0 Å². The lowest BCUT2D eigenvalue weighted by Gasteiger charge is -2.57. The zero-order chi connectivity index (χ0) is 14.0. The molecule has 1 aliphatic carbocycles. The summed E-state index contributed by atoms with van der Waals surface area (Å²) in [5.41, 5.74) is 5.80. The first-order valence-corrected chi connectivity index (χ1v) is 6.40. The Labute approximate surface area is 110 Å². The second-order valence-electron chi connectivity index (χ2n) is 5.89. The number of rotatable bonds is 5. The Morgan fingerprint density at radius 1 is 1.44 bits per heavy atom. The van der Waals surface area contributed by atoms with Gasteiger partial charge in [-0.2, -0.15) is 0 Å². The van der Waals surface area contributed by atoms with Crippen molar-refractivity contribution in [2.45, 2.75) is 51.8 Å². The molecule has 1 fully saturated rings. The van der Waals surface area contributed by atoms with Gasteiger partial charge >= 0.3 is 0 Å². The highest BCUT2D eigenvalue weighted by Crippen LogP contribution is 2.53. The number of ether oxygens (including phenoxy) is 2. The van der Waals surface area contributed by atoms with Gasteiger partial charge in [0, 0.05) is 25.7 Å². The zero-order valence-electron chi connectivity index (χ0n) is 12.4. The fourth-order valence-electron chi connectivity index (χ4n) is 2.41. The molecule has 5 heteroatoms. The fourth-order valence-corrected chi connectivity index (χ4v) is 2.41. The van der Waals surface area contributed by atoms with E-state index in [-0.39, 0.29) is 23.1 Å². The van der Waals surface area contributed by atoms with Crippen LogP contribution in [0.3, 0.4) is 0 Å². The van der Waals surface area contributed by atoms with Gasteiger partial charge in [-0.15, -0.1) is 0 Å². The molecule has 1 aliphatic rings. The van der Waals surface area contributed by atoms with E-state index >= 15 is 0 Å². The lowest BCUT2D eigenvalue weighted by Crippen LogP contribution is -2.63. The number of nitrogens with one attached hydrogen (secondary N) is 1. The summed E-state index contributed by atoms with van der Waals surface area (Å²) in [6.07, 6.45) is 0.900. The molecular weight excluding hydrogens is 230 g/mol. The second kappa shape index (κ2) is 5.45. The van der Waals surface area contributed by atoms with Crippen molar-refractivity contribution >= 4 is 5.96 Å². The summed E-state index contributed by atoms with van der Waals surface area (Å²) in [7, 11) is 3.43. The lowest BCUT2D eigenvalue weighted by atomic mass is 9.56. The highest BCUT2D eigenvalue weighted by Gasteiger charge is 2.58. The summed E-state index contributed by atoms with van der Waals surface area (Å²) < 4.78 is 10.6. The first-order chi connectivity index (χ1) is 8.26. The number of nitrogens with zero attached hydrogens (tertiary/aromatic N) is 1. The van der Waals surface area contributed by atoms with Crippen LogP contribution in [0.4, 0.5) is 0 Å². The first kappa shape index (κ1) is 15.2. The topological polar surface area (TPSA) is 68.9 Å². The van der Waals surface area contributed by atoms with Gasteiger partial charge in [0.1, 0.15) is 0 Å². The van der Waals surface area contributed by atoms with Crippen molar-refractivity contribution in [1.82, 2.24) is 5.32 Å². The van der Waals surface area contributed by atoms with Crippen LogP contribution >= 0.6 is 0 Å². The summed E-state index contributed by atoms with van der Waals surface area (Å²) in [6.45, 7) is 9.08. The Morgan fingerprint density at radius 3 is 2.50 bits per heavy atom. The molecule has 0 heterocycles. The van der Waals surface area contributed by atoms with Gasteiger partial charge in [-0.3, -0.25) is 0 Å². The van der Waals surface area contributed by atoms with E-state index in [9.17, 15) is 0 Å². The average molecular weight is 257 g/mol. The summed E-state index contributed by atoms with van der Waals surface area (Å²) in [4.78, 5) is 4.55. The van der Waals surface area contributed by atoms with Crippen molar-refractivity contribution < 1.29 is 9.47 Å². The molecule has 0 aromatic rings. The predicted octanol–water partition coefficient (Wildman–Crippen LogP) is 1.13. The molecule has 5 nitrogen and oxygen atoms in total. The van der Waals surface area contributed by atoms with Crippen LogP contribution in [0.5, 0.6) is 0 Å². The van der Waals surface area contributed by atoms with Crippen LogP contribution in [0.25, 0.3) is 0 Å². The maximum atomic E-state index is 5.91. The van der Waals surface area contributed by atoms with Crippen molar-refractivity contribution in [3.63, 3.8) is 0 Å². The van der Waals surface area contributed by atoms with Crippen LogP contribution in [0.2, 0.25) is 0 Å². The van der Waals surface area contributed by atoms with Gasteiger partial charge in [-0.05, 0) is 20.3 Å². The third-order valence-electron chi connectivity index (χ3n) is 4.34. The Hall–Kier alpha value is -0.810. The molecule has 0 radical (unpaired) electrons. The maximum Gasteiger partial charge on any atom is 0.189 e.